The number of rotatable bonds is 4. The molecule has 0 radical (unpaired) electrons. The maximum atomic E-state index is 13.7. The number of primary sulfonamides is 1. The first-order chi connectivity index (χ1) is 9.36. The summed E-state index contributed by atoms with van der Waals surface area (Å²) in [7, 11) is -3.93. The molecule has 0 aliphatic rings. The highest BCUT2D eigenvalue weighted by Crippen LogP contribution is 2.22. The maximum absolute atomic E-state index is 13.7. The zero-order valence-electron chi connectivity index (χ0n) is 10.2. The average Bonchev–Trinajstić information content (AvgIpc) is 2.36. The number of halogens is 2. The Morgan fingerprint density at radius 3 is 2.55 bits per heavy atom. The number of benzene rings is 2. The van der Waals surface area contributed by atoms with Crippen LogP contribution in [0.5, 0.6) is 5.75 Å². The molecule has 0 unspecified atom stereocenters. The van der Waals surface area contributed by atoms with E-state index in [1.165, 1.54) is 12.1 Å². The topological polar surface area (TPSA) is 69.4 Å². The van der Waals surface area contributed by atoms with Gasteiger partial charge in [-0.25, -0.2) is 17.9 Å². The highest BCUT2D eigenvalue weighted by molar-refractivity contribution is 7.89. The molecule has 0 saturated carbocycles. The van der Waals surface area contributed by atoms with Gasteiger partial charge in [-0.3, -0.25) is 0 Å². The second-order valence-corrected chi connectivity index (χ2v) is 6.05. The van der Waals surface area contributed by atoms with Gasteiger partial charge in [0.1, 0.15) is 6.61 Å². The summed E-state index contributed by atoms with van der Waals surface area (Å²) in [6.45, 7) is 0.117. The Balaban J connectivity index is 2.15. The van der Waals surface area contributed by atoms with Crippen molar-refractivity contribution in [2.24, 2.45) is 5.14 Å². The van der Waals surface area contributed by atoms with E-state index in [4.69, 9.17) is 21.5 Å². The van der Waals surface area contributed by atoms with E-state index in [9.17, 15) is 12.8 Å². The quantitative estimate of drug-likeness (QED) is 0.943. The zero-order valence-corrected chi connectivity index (χ0v) is 11.8. The van der Waals surface area contributed by atoms with Crippen LogP contribution in [0.25, 0.3) is 0 Å². The molecule has 0 atom stereocenters. The van der Waals surface area contributed by atoms with E-state index in [0.29, 0.717) is 5.02 Å². The van der Waals surface area contributed by atoms with Crippen molar-refractivity contribution in [3.05, 3.63) is 58.9 Å². The summed E-state index contributed by atoms with van der Waals surface area (Å²) in [5.41, 5.74) is 0.771. The zero-order chi connectivity index (χ0) is 14.8. The minimum Gasteiger partial charge on any atom is -0.486 e. The minimum absolute atomic E-state index is 0.0580. The van der Waals surface area contributed by atoms with Crippen LogP contribution in [0.2, 0.25) is 5.02 Å². The van der Waals surface area contributed by atoms with Crippen molar-refractivity contribution in [3.63, 3.8) is 0 Å². The van der Waals surface area contributed by atoms with Crippen LogP contribution in [0.15, 0.2) is 47.4 Å². The van der Waals surface area contributed by atoms with Gasteiger partial charge in [0.15, 0.2) is 11.6 Å². The first-order valence-corrected chi connectivity index (χ1v) is 7.48. The Hall–Kier alpha value is -1.63. The summed E-state index contributed by atoms with van der Waals surface area (Å²) in [6.07, 6.45) is 0. The molecule has 2 aromatic carbocycles. The lowest BCUT2D eigenvalue weighted by atomic mass is 10.2. The highest BCUT2D eigenvalue weighted by atomic mass is 35.5. The van der Waals surface area contributed by atoms with Crippen LogP contribution in [0.1, 0.15) is 5.56 Å². The van der Waals surface area contributed by atoms with Crippen LogP contribution >= 0.6 is 11.6 Å². The lowest BCUT2D eigenvalue weighted by Gasteiger charge is -2.08. The standard InChI is InChI=1S/C13H11ClFNO3S/c14-10-3-1-2-9(6-10)8-19-13-5-4-11(7-12(13)15)20(16,17)18/h1-7H,8H2,(H2,16,17,18). The monoisotopic (exact) mass is 315 g/mol. The lowest BCUT2D eigenvalue weighted by molar-refractivity contribution is 0.290. The van der Waals surface area contributed by atoms with Gasteiger partial charge in [0.25, 0.3) is 0 Å². The minimum atomic E-state index is -3.93. The summed E-state index contributed by atoms with van der Waals surface area (Å²) in [5.74, 6) is -0.851. The molecule has 0 fully saturated rings. The van der Waals surface area contributed by atoms with Crippen LogP contribution in [-0.4, -0.2) is 8.42 Å². The average molecular weight is 316 g/mol. The Labute approximate surface area is 121 Å². The summed E-state index contributed by atoms with van der Waals surface area (Å²) in [5, 5.41) is 5.46. The molecule has 2 rings (SSSR count). The highest BCUT2D eigenvalue weighted by Gasteiger charge is 2.12. The number of hydrogen-bond donors (Lipinski definition) is 1. The van der Waals surface area contributed by atoms with Gasteiger partial charge in [0, 0.05) is 5.02 Å². The van der Waals surface area contributed by atoms with Gasteiger partial charge in [0.2, 0.25) is 10.0 Å². The predicted molar refractivity (Wildman–Crippen MR) is 73.6 cm³/mol. The van der Waals surface area contributed by atoms with Crippen molar-refractivity contribution in [2.75, 3.05) is 0 Å². The summed E-state index contributed by atoms with van der Waals surface area (Å²) in [6, 6.07) is 10.2. The van der Waals surface area contributed by atoms with Crippen molar-refractivity contribution in [3.8, 4) is 5.75 Å². The molecule has 20 heavy (non-hydrogen) atoms. The molecule has 0 heterocycles. The molecular weight excluding hydrogens is 305 g/mol. The van der Waals surface area contributed by atoms with Gasteiger partial charge >= 0.3 is 0 Å². The van der Waals surface area contributed by atoms with Crippen molar-refractivity contribution >= 4 is 21.6 Å². The van der Waals surface area contributed by atoms with Gasteiger partial charge in [-0.05, 0) is 35.9 Å². The third-order valence-corrected chi connectivity index (χ3v) is 3.66. The van der Waals surface area contributed by atoms with Crippen molar-refractivity contribution in [2.45, 2.75) is 11.5 Å². The van der Waals surface area contributed by atoms with Gasteiger partial charge in [0.05, 0.1) is 4.90 Å². The van der Waals surface area contributed by atoms with Gasteiger partial charge in [-0.15, -0.1) is 0 Å². The molecule has 0 bridgehead atoms. The molecule has 106 valence electrons. The summed E-state index contributed by atoms with van der Waals surface area (Å²) in [4.78, 5) is -0.301. The molecule has 0 spiro atoms. The molecule has 2 N–H and O–H groups in total. The molecule has 0 saturated heterocycles. The van der Waals surface area contributed by atoms with Crippen LogP contribution in [-0.2, 0) is 16.6 Å². The van der Waals surface area contributed by atoms with E-state index < -0.39 is 15.8 Å². The Morgan fingerprint density at radius 2 is 1.95 bits per heavy atom. The molecule has 0 aliphatic carbocycles. The Morgan fingerprint density at radius 1 is 1.20 bits per heavy atom. The van der Waals surface area contributed by atoms with Crippen LogP contribution < -0.4 is 9.88 Å². The molecule has 7 heteroatoms. The van der Waals surface area contributed by atoms with Crippen molar-refractivity contribution in [1.82, 2.24) is 0 Å². The predicted octanol–water partition coefficient (Wildman–Crippen LogP) is 2.71. The Kier molecular flexibility index (Phi) is 4.27. The van der Waals surface area contributed by atoms with E-state index in [2.05, 4.69) is 0 Å². The number of nitrogens with two attached hydrogens (primary N) is 1. The third kappa shape index (κ3) is 3.69. The lowest BCUT2D eigenvalue weighted by Crippen LogP contribution is -2.12. The fourth-order valence-electron chi connectivity index (χ4n) is 1.56. The first-order valence-electron chi connectivity index (χ1n) is 5.56. The van der Waals surface area contributed by atoms with E-state index in [1.807, 2.05) is 0 Å². The van der Waals surface area contributed by atoms with Crippen LogP contribution in [0.3, 0.4) is 0 Å². The molecule has 0 aliphatic heterocycles. The van der Waals surface area contributed by atoms with Gasteiger partial charge < -0.3 is 4.74 Å². The van der Waals surface area contributed by atoms with Gasteiger partial charge in [-0.2, -0.15) is 0 Å². The fraction of sp³-hybridized carbons (Fsp3) is 0.0769. The summed E-state index contributed by atoms with van der Waals surface area (Å²) < 4.78 is 41.1. The largest absolute Gasteiger partial charge is 0.486 e. The SMILES string of the molecule is NS(=O)(=O)c1ccc(OCc2cccc(Cl)c2)c(F)c1. The van der Waals surface area contributed by atoms with Crippen molar-refractivity contribution < 1.29 is 17.5 Å². The number of hydrogen-bond acceptors (Lipinski definition) is 3. The third-order valence-electron chi connectivity index (χ3n) is 2.52. The second-order valence-electron chi connectivity index (χ2n) is 4.06. The normalized spacial score (nSPS) is 11.3. The van der Waals surface area contributed by atoms with Crippen LogP contribution in [0, 0.1) is 5.82 Å². The summed E-state index contributed by atoms with van der Waals surface area (Å²) >= 11 is 5.82. The smallest absolute Gasteiger partial charge is 0.238 e. The molecule has 4 nitrogen and oxygen atoms in total. The second kappa shape index (κ2) is 5.78. The van der Waals surface area contributed by atoms with Gasteiger partial charge in [-0.1, -0.05) is 23.7 Å². The molecular formula is C13H11ClFNO3S. The van der Waals surface area contributed by atoms with E-state index in [0.717, 1.165) is 11.6 Å². The Bertz CT molecular complexity index is 734. The molecule has 0 aromatic heterocycles. The molecule has 2 aromatic rings. The number of sulfonamides is 1. The first kappa shape index (κ1) is 14.8. The van der Waals surface area contributed by atoms with E-state index >= 15 is 0 Å². The van der Waals surface area contributed by atoms with E-state index in [-0.39, 0.29) is 17.3 Å². The number of ether oxygens (including phenoxy) is 1. The van der Waals surface area contributed by atoms with E-state index in [1.54, 1.807) is 24.3 Å². The fourth-order valence-corrected chi connectivity index (χ4v) is 2.30. The van der Waals surface area contributed by atoms with Crippen LogP contribution in [0.4, 0.5) is 4.39 Å². The van der Waals surface area contributed by atoms with Crippen molar-refractivity contribution in [1.29, 1.82) is 0 Å². The molecule has 0 amide bonds. The maximum Gasteiger partial charge on any atom is 0.238 e.